The fraction of sp³-hybridized carbons (Fsp3) is 0.167. The van der Waals surface area contributed by atoms with Crippen molar-refractivity contribution in [3.05, 3.63) is 24.8 Å². The molecule has 44 valence electrons. The maximum atomic E-state index is 10.0. The van der Waals surface area contributed by atoms with E-state index in [0.717, 1.165) is 0 Å². The third kappa shape index (κ3) is 4.95. The van der Waals surface area contributed by atoms with Crippen LogP contribution in [0.3, 0.4) is 0 Å². The molecule has 8 heavy (non-hydrogen) atoms. The molecule has 0 aliphatic heterocycles. The summed E-state index contributed by atoms with van der Waals surface area (Å²) in [6, 6.07) is 0. The molecule has 0 fully saturated rings. The van der Waals surface area contributed by atoms with E-state index in [2.05, 4.69) is 6.58 Å². The second-order valence-corrected chi connectivity index (χ2v) is 1.33. The second kappa shape index (κ2) is 4.12. The number of primary amides is 1. The summed E-state index contributed by atoms with van der Waals surface area (Å²) in [6.07, 6.45) is 5.25. The van der Waals surface area contributed by atoms with Crippen LogP contribution in [0.25, 0.3) is 0 Å². The summed E-state index contributed by atoms with van der Waals surface area (Å²) in [4.78, 5) is 10.0. The average molecular weight is 111 g/mol. The molecule has 0 aliphatic carbocycles. The molecule has 0 aromatic carbocycles. The van der Waals surface area contributed by atoms with E-state index in [-0.39, 0.29) is 5.91 Å². The summed E-state index contributed by atoms with van der Waals surface area (Å²) < 4.78 is 0. The van der Waals surface area contributed by atoms with Gasteiger partial charge >= 0.3 is 0 Å². The van der Waals surface area contributed by atoms with E-state index in [1.165, 1.54) is 0 Å². The first-order chi connectivity index (χ1) is 3.77. The standard InChI is InChI=1S/C6H9NO/c1-2-3-4-5-6(7)8/h2-4H,1,5H2,(H2,7,8)/b4-3-. The van der Waals surface area contributed by atoms with Crippen LogP contribution in [0, 0.1) is 0 Å². The number of allylic oxidation sites excluding steroid dienone is 2. The van der Waals surface area contributed by atoms with Gasteiger partial charge in [-0.2, -0.15) is 0 Å². The van der Waals surface area contributed by atoms with Gasteiger partial charge < -0.3 is 5.73 Å². The van der Waals surface area contributed by atoms with Gasteiger partial charge in [0.05, 0.1) is 0 Å². The molecule has 0 saturated carbocycles. The molecule has 0 saturated heterocycles. The Morgan fingerprint density at radius 3 is 2.75 bits per heavy atom. The molecular weight excluding hydrogens is 102 g/mol. The van der Waals surface area contributed by atoms with Crippen molar-refractivity contribution in [2.75, 3.05) is 0 Å². The van der Waals surface area contributed by atoms with Crippen LogP contribution in [-0.4, -0.2) is 5.91 Å². The van der Waals surface area contributed by atoms with Gasteiger partial charge in [0.25, 0.3) is 0 Å². The van der Waals surface area contributed by atoms with Crippen molar-refractivity contribution >= 4 is 5.91 Å². The predicted molar refractivity (Wildman–Crippen MR) is 33.1 cm³/mol. The summed E-state index contributed by atoms with van der Waals surface area (Å²) in [6.45, 7) is 3.42. The van der Waals surface area contributed by atoms with Gasteiger partial charge in [-0.1, -0.05) is 24.8 Å². The molecule has 2 nitrogen and oxygen atoms in total. The highest BCUT2D eigenvalue weighted by Gasteiger charge is 1.82. The van der Waals surface area contributed by atoms with E-state index >= 15 is 0 Å². The zero-order chi connectivity index (χ0) is 6.41. The summed E-state index contributed by atoms with van der Waals surface area (Å²) in [5.74, 6) is -0.317. The lowest BCUT2D eigenvalue weighted by molar-refractivity contribution is -0.117. The van der Waals surface area contributed by atoms with Crippen molar-refractivity contribution in [1.29, 1.82) is 0 Å². The van der Waals surface area contributed by atoms with Crippen LogP contribution in [0.15, 0.2) is 24.8 Å². The zero-order valence-electron chi connectivity index (χ0n) is 4.63. The number of rotatable bonds is 3. The topological polar surface area (TPSA) is 43.1 Å². The first-order valence-electron chi connectivity index (χ1n) is 2.33. The van der Waals surface area contributed by atoms with Crippen molar-refractivity contribution in [3.8, 4) is 0 Å². The number of hydrogen-bond acceptors (Lipinski definition) is 1. The fourth-order valence-corrected chi connectivity index (χ4v) is 0.280. The van der Waals surface area contributed by atoms with Gasteiger partial charge in [-0.05, 0) is 0 Å². The lowest BCUT2D eigenvalue weighted by Crippen LogP contribution is -2.07. The van der Waals surface area contributed by atoms with Crippen molar-refractivity contribution in [2.24, 2.45) is 5.73 Å². The Morgan fingerprint density at radius 1 is 1.75 bits per heavy atom. The van der Waals surface area contributed by atoms with Gasteiger partial charge in [0.2, 0.25) is 5.91 Å². The highest BCUT2D eigenvalue weighted by molar-refractivity contribution is 5.75. The Kier molecular flexibility index (Phi) is 3.58. The van der Waals surface area contributed by atoms with Crippen molar-refractivity contribution in [3.63, 3.8) is 0 Å². The van der Waals surface area contributed by atoms with Gasteiger partial charge in [0.15, 0.2) is 0 Å². The molecule has 0 spiro atoms. The van der Waals surface area contributed by atoms with E-state index in [0.29, 0.717) is 6.42 Å². The quantitative estimate of drug-likeness (QED) is 0.532. The SMILES string of the molecule is C=C/C=C\CC(N)=O. The van der Waals surface area contributed by atoms with E-state index in [1.54, 1.807) is 18.2 Å². The average Bonchev–Trinajstić information content (AvgIpc) is 1.66. The molecule has 2 N–H and O–H groups in total. The lowest BCUT2D eigenvalue weighted by Gasteiger charge is -1.79. The lowest BCUT2D eigenvalue weighted by atomic mass is 10.4. The largest absolute Gasteiger partial charge is 0.369 e. The summed E-state index contributed by atoms with van der Waals surface area (Å²) in [7, 11) is 0. The molecule has 0 aliphatic rings. The normalized spacial score (nSPS) is 9.50. The third-order valence-corrected chi connectivity index (χ3v) is 0.591. The Morgan fingerprint density at radius 2 is 2.38 bits per heavy atom. The summed E-state index contributed by atoms with van der Waals surface area (Å²) in [5, 5.41) is 0. The summed E-state index contributed by atoms with van der Waals surface area (Å²) in [5.41, 5.74) is 4.81. The van der Waals surface area contributed by atoms with E-state index in [4.69, 9.17) is 5.73 Å². The van der Waals surface area contributed by atoms with Crippen LogP contribution in [0.4, 0.5) is 0 Å². The minimum absolute atomic E-state index is 0.298. The van der Waals surface area contributed by atoms with Crippen LogP contribution in [0.2, 0.25) is 0 Å². The van der Waals surface area contributed by atoms with Gasteiger partial charge in [-0.15, -0.1) is 0 Å². The van der Waals surface area contributed by atoms with Gasteiger partial charge in [0.1, 0.15) is 0 Å². The molecule has 2 heteroatoms. The summed E-state index contributed by atoms with van der Waals surface area (Å²) >= 11 is 0. The Labute approximate surface area is 48.7 Å². The van der Waals surface area contributed by atoms with Crippen LogP contribution in [0.1, 0.15) is 6.42 Å². The van der Waals surface area contributed by atoms with Crippen molar-refractivity contribution in [1.82, 2.24) is 0 Å². The van der Waals surface area contributed by atoms with Crippen LogP contribution < -0.4 is 5.73 Å². The third-order valence-electron chi connectivity index (χ3n) is 0.591. The van der Waals surface area contributed by atoms with E-state index < -0.39 is 0 Å². The van der Waals surface area contributed by atoms with Crippen molar-refractivity contribution < 1.29 is 4.79 Å². The number of hydrogen-bond donors (Lipinski definition) is 1. The number of carbonyl (C=O) groups is 1. The van der Waals surface area contributed by atoms with Crippen LogP contribution in [-0.2, 0) is 4.79 Å². The molecule has 0 atom stereocenters. The molecule has 1 amide bonds. The molecule has 0 rings (SSSR count). The predicted octanol–water partition coefficient (Wildman–Crippen LogP) is 0.604. The maximum absolute atomic E-state index is 10.0. The number of carbonyl (C=O) groups excluding carboxylic acids is 1. The molecule has 0 heterocycles. The number of amides is 1. The van der Waals surface area contributed by atoms with Gasteiger partial charge in [0, 0.05) is 6.42 Å². The highest BCUT2D eigenvalue weighted by atomic mass is 16.1. The monoisotopic (exact) mass is 111 g/mol. The highest BCUT2D eigenvalue weighted by Crippen LogP contribution is 1.79. The Hall–Kier alpha value is -1.05. The van der Waals surface area contributed by atoms with Crippen molar-refractivity contribution in [2.45, 2.75) is 6.42 Å². The van der Waals surface area contributed by atoms with Crippen LogP contribution >= 0.6 is 0 Å². The van der Waals surface area contributed by atoms with Gasteiger partial charge in [-0.3, -0.25) is 4.79 Å². The Balaban J connectivity index is 3.29. The Bertz CT molecular complexity index is 116. The molecule has 0 aromatic heterocycles. The minimum atomic E-state index is -0.317. The smallest absolute Gasteiger partial charge is 0.221 e. The molecule has 0 radical (unpaired) electrons. The molecule has 0 aromatic rings. The maximum Gasteiger partial charge on any atom is 0.221 e. The van der Waals surface area contributed by atoms with Crippen LogP contribution in [0.5, 0.6) is 0 Å². The number of nitrogens with two attached hydrogens (primary N) is 1. The first-order valence-corrected chi connectivity index (χ1v) is 2.33. The fourth-order valence-electron chi connectivity index (χ4n) is 0.280. The first kappa shape index (κ1) is 6.95. The zero-order valence-corrected chi connectivity index (χ0v) is 4.63. The van der Waals surface area contributed by atoms with E-state index in [1.807, 2.05) is 0 Å². The molecule has 0 bridgehead atoms. The molecular formula is C6H9NO. The minimum Gasteiger partial charge on any atom is -0.369 e. The van der Waals surface area contributed by atoms with Gasteiger partial charge in [-0.25, -0.2) is 0 Å². The van der Waals surface area contributed by atoms with E-state index in [9.17, 15) is 4.79 Å². The second-order valence-electron chi connectivity index (χ2n) is 1.33. The molecule has 0 unspecified atom stereocenters.